The molecule has 2 N–H and O–H groups in total. The van der Waals surface area contributed by atoms with Crippen LogP contribution in [0.5, 0.6) is 0 Å². The van der Waals surface area contributed by atoms with E-state index < -0.39 is 21.7 Å². The van der Waals surface area contributed by atoms with Crippen LogP contribution in [-0.2, 0) is 16.6 Å². The predicted molar refractivity (Wildman–Crippen MR) is 61.8 cm³/mol. The lowest BCUT2D eigenvalue weighted by atomic mass is 10.4. The normalized spacial score (nSPS) is 11.6. The SMILES string of the molecule is O=C(O)c1ncsc1S(=O)(=O)NCc1ccoc1. The molecule has 0 saturated carbocycles. The van der Waals surface area contributed by atoms with Gasteiger partial charge in [0.2, 0.25) is 0 Å². The average molecular weight is 288 g/mol. The van der Waals surface area contributed by atoms with Crippen LogP contribution in [0, 0.1) is 0 Å². The van der Waals surface area contributed by atoms with E-state index in [1.54, 1.807) is 6.07 Å². The third-order valence-electron chi connectivity index (χ3n) is 2.03. The van der Waals surface area contributed by atoms with Crippen molar-refractivity contribution in [3.63, 3.8) is 0 Å². The van der Waals surface area contributed by atoms with Crippen molar-refractivity contribution in [3.8, 4) is 0 Å². The van der Waals surface area contributed by atoms with Crippen molar-refractivity contribution in [2.24, 2.45) is 0 Å². The Morgan fingerprint density at radius 1 is 1.56 bits per heavy atom. The molecule has 2 aromatic rings. The van der Waals surface area contributed by atoms with E-state index in [0.717, 1.165) is 11.3 Å². The van der Waals surface area contributed by atoms with Crippen LogP contribution in [0.1, 0.15) is 16.1 Å². The van der Waals surface area contributed by atoms with Gasteiger partial charge in [-0.05, 0) is 6.07 Å². The van der Waals surface area contributed by atoms with Gasteiger partial charge in [0.1, 0.15) is 0 Å². The first-order chi connectivity index (χ1) is 8.50. The summed E-state index contributed by atoms with van der Waals surface area (Å²) in [5.74, 6) is -1.38. The molecule has 0 radical (unpaired) electrons. The van der Waals surface area contributed by atoms with Gasteiger partial charge in [-0.15, -0.1) is 11.3 Å². The summed E-state index contributed by atoms with van der Waals surface area (Å²) >= 11 is 0.756. The molecule has 2 heterocycles. The molecular formula is C9H8N2O5S2. The number of rotatable bonds is 5. The minimum atomic E-state index is -3.89. The van der Waals surface area contributed by atoms with E-state index in [-0.39, 0.29) is 10.8 Å². The minimum absolute atomic E-state index is 0.0236. The summed E-state index contributed by atoms with van der Waals surface area (Å²) in [4.78, 5) is 14.3. The highest BCUT2D eigenvalue weighted by atomic mass is 32.2. The zero-order valence-electron chi connectivity index (χ0n) is 8.86. The summed E-state index contributed by atoms with van der Waals surface area (Å²) < 4.78 is 30.5. The van der Waals surface area contributed by atoms with Gasteiger partial charge in [-0.2, -0.15) is 0 Å². The number of thiazole rings is 1. The van der Waals surface area contributed by atoms with Gasteiger partial charge in [-0.3, -0.25) is 0 Å². The summed E-state index contributed by atoms with van der Waals surface area (Å²) in [7, 11) is -3.89. The monoisotopic (exact) mass is 288 g/mol. The third-order valence-corrected chi connectivity index (χ3v) is 4.80. The minimum Gasteiger partial charge on any atom is -0.476 e. The van der Waals surface area contributed by atoms with Crippen LogP contribution in [-0.4, -0.2) is 24.5 Å². The Kier molecular flexibility index (Phi) is 3.45. The Morgan fingerprint density at radius 3 is 2.94 bits per heavy atom. The van der Waals surface area contributed by atoms with E-state index in [2.05, 4.69) is 9.71 Å². The highest BCUT2D eigenvalue weighted by Gasteiger charge is 2.25. The molecule has 0 amide bonds. The van der Waals surface area contributed by atoms with E-state index in [9.17, 15) is 13.2 Å². The molecule has 2 aromatic heterocycles. The molecule has 9 heteroatoms. The highest BCUT2D eigenvalue weighted by Crippen LogP contribution is 2.20. The van der Waals surface area contributed by atoms with E-state index in [4.69, 9.17) is 9.52 Å². The molecule has 0 fully saturated rings. The van der Waals surface area contributed by atoms with Crippen molar-refractivity contribution in [2.75, 3.05) is 0 Å². The van der Waals surface area contributed by atoms with Crippen LogP contribution in [0.3, 0.4) is 0 Å². The maximum atomic E-state index is 11.9. The molecule has 0 aliphatic rings. The van der Waals surface area contributed by atoms with E-state index in [0.29, 0.717) is 5.56 Å². The van der Waals surface area contributed by atoms with Gasteiger partial charge >= 0.3 is 5.97 Å². The molecule has 0 bridgehead atoms. The average Bonchev–Trinajstić information content (AvgIpc) is 2.98. The van der Waals surface area contributed by atoms with Crippen LogP contribution in [0.2, 0.25) is 0 Å². The van der Waals surface area contributed by atoms with Crippen molar-refractivity contribution in [1.82, 2.24) is 9.71 Å². The van der Waals surface area contributed by atoms with Gasteiger partial charge in [0.15, 0.2) is 9.90 Å². The Labute approximate surface area is 106 Å². The molecule has 2 rings (SSSR count). The van der Waals surface area contributed by atoms with Gasteiger partial charge < -0.3 is 9.52 Å². The molecule has 96 valence electrons. The Hall–Kier alpha value is -1.71. The second-order valence-corrected chi connectivity index (χ2v) is 6.07. The standard InChI is InChI=1S/C9H8N2O5S2/c12-8(13)7-9(17-5-10-7)18(14,15)11-3-6-1-2-16-4-6/h1-2,4-5,11H,3H2,(H,12,13). The summed E-state index contributed by atoms with van der Waals surface area (Å²) in [6.45, 7) is 0.0236. The zero-order chi connectivity index (χ0) is 13.2. The number of furan rings is 1. The number of carboxylic acids is 1. The lowest BCUT2D eigenvalue weighted by molar-refractivity contribution is 0.0687. The molecule has 18 heavy (non-hydrogen) atoms. The molecule has 0 atom stereocenters. The second-order valence-electron chi connectivity index (χ2n) is 3.25. The maximum Gasteiger partial charge on any atom is 0.356 e. The molecule has 0 aliphatic heterocycles. The summed E-state index contributed by atoms with van der Waals surface area (Å²) in [5, 5.41) is 8.81. The lowest BCUT2D eigenvalue weighted by Crippen LogP contribution is -2.24. The largest absolute Gasteiger partial charge is 0.476 e. The topological polar surface area (TPSA) is 109 Å². The van der Waals surface area contributed by atoms with Crippen LogP contribution >= 0.6 is 11.3 Å². The lowest BCUT2D eigenvalue weighted by Gasteiger charge is -2.03. The highest BCUT2D eigenvalue weighted by molar-refractivity contribution is 7.91. The van der Waals surface area contributed by atoms with Crippen LogP contribution in [0.15, 0.2) is 32.7 Å². The van der Waals surface area contributed by atoms with Gasteiger partial charge in [-0.25, -0.2) is 22.9 Å². The van der Waals surface area contributed by atoms with Gasteiger partial charge in [0.05, 0.1) is 18.0 Å². The first-order valence-corrected chi connectivity index (χ1v) is 7.04. The fourth-order valence-electron chi connectivity index (χ4n) is 1.21. The Bertz CT molecular complexity index is 644. The molecule has 0 saturated heterocycles. The molecule has 7 nitrogen and oxygen atoms in total. The number of nitrogens with zero attached hydrogens (tertiary/aromatic N) is 1. The van der Waals surface area contributed by atoms with E-state index in [1.165, 1.54) is 18.0 Å². The summed E-state index contributed by atoms with van der Waals surface area (Å²) in [5.41, 5.74) is 1.34. The van der Waals surface area contributed by atoms with Crippen molar-refractivity contribution < 1.29 is 22.7 Å². The van der Waals surface area contributed by atoms with Crippen molar-refractivity contribution in [3.05, 3.63) is 35.4 Å². The number of hydrogen-bond donors (Lipinski definition) is 2. The van der Waals surface area contributed by atoms with Gasteiger partial charge in [0.25, 0.3) is 10.0 Å². The van der Waals surface area contributed by atoms with Crippen LogP contribution in [0.25, 0.3) is 0 Å². The van der Waals surface area contributed by atoms with Crippen LogP contribution < -0.4 is 4.72 Å². The predicted octanol–water partition coefficient (Wildman–Crippen LogP) is 0.913. The smallest absolute Gasteiger partial charge is 0.356 e. The first kappa shape index (κ1) is 12.7. The van der Waals surface area contributed by atoms with Crippen molar-refractivity contribution in [2.45, 2.75) is 10.8 Å². The molecule has 0 spiro atoms. The quantitative estimate of drug-likeness (QED) is 0.846. The maximum absolute atomic E-state index is 11.9. The Balaban J connectivity index is 2.20. The van der Waals surface area contributed by atoms with Gasteiger partial charge in [0, 0.05) is 12.1 Å². The molecule has 0 aromatic carbocycles. The Morgan fingerprint density at radius 2 is 2.33 bits per heavy atom. The van der Waals surface area contributed by atoms with Crippen molar-refractivity contribution >= 4 is 27.3 Å². The van der Waals surface area contributed by atoms with Crippen LogP contribution in [0.4, 0.5) is 0 Å². The number of sulfonamides is 1. The number of nitrogens with one attached hydrogen (secondary N) is 1. The second kappa shape index (κ2) is 4.88. The zero-order valence-corrected chi connectivity index (χ0v) is 10.5. The van der Waals surface area contributed by atoms with Crippen molar-refractivity contribution in [1.29, 1.82) is 0 Å². The number of carbonyl (C=O) groups is 1. The molecule has 0 unspecified atom stereocenters. The van der Waals surface area contributed by atoms with Gasteiger partial charge in [-0.1, -0.05) is 0 Å². The third kappa shape index (κ3) is 2.58. The molecule has 0 aliphatic carbocycles. The number of aromatic carboxylic acids is 1. The summed E-state index contributed by atoms with van der Waals surface area (Å²) in [6, 6.07) is 1.60. The molecular weight excluding hydrogens is 280 g/mol. The fraction of sp³-hybridized carbons (Fsp3) is 0.111. The number of carboxylic acid groups (broad SMARTS) is 1. The fourth-order valence-corrected chi connectivity index (χ4v) is 3.41. The number of hydrogen-bond acceptors (Lipinski definition) is 6. The van der Waals surface area contributed by atoms with E-state index >= 15 is 0 Å². The van der Waals surface area contributed by atoms with E-state index in [1.807, 2.05) is 0 Å². The first-order valence-electron chi connectivity index (χ1n) is 4.68. The number of aromatic nitrogens is 1. The summed E-state index contributed by atoms with van der Waals surface area (Å²) in [6.07, 6.45) is 2.81.